The zero-order valence-electron chi connectivity index (χ0n) is 8.47. The molecule has 4 nitrogen and oxygen atoms in total. The first-order valence-corrected chi connectivity index (χ1v) is 6.00. The van der Waals surface area contributed by atoms with Crippen LogP contribution >= 0.6 is 0 Å². The molecule has 1 heterocycles. The van der Waals surface area contributed by atoms with Gasteiger partial charge in [-0.3, -0.25) is 4.79 Å². The highest BCUT2D eigenvalue weighted by molar-refractivity contribution is 7.92. The summed E-state index contributed by atoms with van der Waals surface area (Å²) in [7, 11) is 0. The molecule has 0 aliphatic carbocycles. The maximum Gasteiger partial charge on any atom is 0.272 e. The predicted octanol–water partition coefficient (Wildman–Crippen LogP) is 0.836. The normalized spacial score (nSPS) is 16.9. The van der Waals surface area contributed by atoms with E-state index in [-0.39, 0.29) is 11.7 Å². The lowest BCUT2D eigenvalue weighted by molar-refractivity contribution is -0.116. The molecule has 0 fully saturated rings. The van der Waals surface area contributed by atoms with E-state index in [4.69, 9.17) is 0 Å². The minimum absolute atomic E-state index is 0.210. The van der Waals surface area contributed by atoms with Gasteiger partial charge in [0.05, 0.1) is 5.57 Å². The average molecular weight is 234 g/mol. The van der Waals surface area contributed by atoms with E-state index in [2.05, 4.69) is 17.1 Å². The highest BCUT2D eigenvalue weighted by atomic mass is 32.2. The Morgan fingerprint density at radius 1 is 1.38 bits per heavy atom. The van der Waals surface area contributed by atoms with Crippen LogP contribution in [-0.4, -0.2) is 21.9 Å². The number of carbonyl (C=O) groups is 1. The van der Waals surface area contributed by atoms with Gasteiger partial charge in [-0.25, -0.2) is 5.43 Å². The number of nitrogens with one attached hydrogen (secondary N) is 1. The maximum absolute atomic E-state index is 11.9. The summed E-state index contributed by atoms with van der Waals surface area (Å²) in [5, 5.41) is 3.79. The largest absolute Gasteiger partial charge is 0.611 e. The average Bonchev–Trinajstić information content (AvgIpc) is 2.62. The van der Waals surface area contributed by atoms with E-state index in [1.54, 1.807) is 12.1 Å². The summed E-state index contributed by atoms with van der Waals surface area (Å²) >= 11 is -1.19. The number of hydrogen-bond donors (Lipinski definition) is 1. The minimum atomic E-state index is -1.19. The van der Waals surface area contributed by atoms with E-state index >= 15 is 0 Å². The molecule has 16 heavy (non-hydrogen) atoms. The van der Waals surface area contributed by atoms with Crippen LogP contribution in [0.25, 0.3) is 0 Å². The highest BCUT2D eigenvalue weighted by Crippen LogP contribution is 2.13. The second-order valence-corrected chi connectivity index (χ2v) is 4.73. The molecule has 1 aliphatic rings. The quantitative estimate of drug-likeness (QED) is 0.622. The fourth-order valence-electron chi connectivity index (χ4n) is 1.28. The van der Waals surface area contributed by atoms with Gasteiger partial charge in [0.1, 0.15) is 5.71 Å². The molecule has 1 N–H and O–H groups in total. The van der Waals surface area contributed by atoms with Crippen molar-refractivity contribution in [2.45, 2.75) is 4.90 Å². The van der Waals surface area contributed by atoms with Crippen LogP contribution in [0.2, 0.25) is 0 Å². The van der Waals surface area contributed by atoms with Crippen molar-refractivity contribution in [3.05, 3.63) is 42.5 Å². The maximum atomic E-state index is 11.9. The summed E-state index contributed by atoms with van der Waals surface area (Å²) in [6, 6.07) is 9.06. The number of rotatable bonds is 3. The van der Waals surface area contributed by atoms with E-state index in [9.17, 15) is 9.35 Å². The molecule has 82 valence electrons. The number of amides is 1. The van der Waals surface area contributed by atoms with Crippen molar-refractivity contribution in [1.82, 2.24) is 5.43 Å². The van der Waals surface area contributed by atoms with Crippen molar-refractivity contribution in [2.75, 3.05) is 5.75 Å². The molecule has 1 aliphatic heterocycles. The topological polar surface area (TPSA) is 64.5 Å². The van der Waals surface area contributed by atoms with Crippen LogP contribution < -0.4 is 5.43 Å². The van der Waals surface area contributed by atoms with Crippen LogP contribution in [0, 0.1) is 0 Å². The first-order chi connectivity index (χ1) is 7.68. The van der Waals surface area contributed by atoms with E-state index in [1.165, 1.54) is 0 Å². The molecule has 5 heteroatoms. The second-order valence-electron chi connectivity index (χ2n) is 3.28. The molecule has 1 atom stereocenters. The Bertz CT molecular complexity index is 456. The fraction of sp³-hybridized carbons (Fsp3) is 0.0909. The monoisotopic (exact) mass is 234 g/mol. The van der Waals surface area contributed by atoms with E-state index in [1.807, 2.05) is 18.2 Å². The summed E-state index contributed by atoms with van der Waals surface area (Å²) in [6.45, 7) is 3.59. The predicted molar refractivity (Wildman–Crippen MR) is 62.4 cm³/mol. The van der Waals surface area contributed by atoms with E-state index < -0.39 is 11.2 Å². The molecule has 1 unspecified atom stereocenters. The Hall–Kier alpha value is -1.59. The minimum Gasteiger partial charge on any atom is -0.611 e. The van der Waals surface area contributed by atoms with Crippen LogP contribution in [0.5, 0.6) is 0 Å². The van der Waals surface area contributed by atoms with Gasteiger partial charge in [0.25, 0.3) is 5.91 Å². The van der Waals surface area contributed by atoms with Crippen molar-refractivity contribution in [2.24, 2.45) is 5.10 Å². The van der Waals surface area contributed by atoms with Crippen LogP contribution in [0.3, 0.4) is 0 Å². The summed E-state index contributed by atoms with van der Waals surface area (Å²) in [5.41, 5.74) is 3.05. The van der Waals surface area contributed by atoms with Crippen LogP contribution in [0.15, 0.2) is 52.5 Å². The Labute approximate surface area is 96.2 Å². The fourth-order valence-corrected chi connectivity index (χ4v) is 2.40. The standard InChI is InChI=1S/C11H10N2O2S/c1-8-10(12-13-11(8)14)7-16(15)9-5-3-2-4-6-9/h2-6H,1,7H2,(H,13,14). The smallest absolute Gasteiger partial charge is 0.272 e. The van der Waals surface area contributed by atoms with Crippen molar-refractivity contribution < 1.29 is 9.35 Å². The third kappa shape index (κ3) is 2.15. The van der Waals surface area contributed by atoms with E-state index in [0.29, 0.717) is 11.3 Å². The van der Waals surface area contributed by atoms with Gasteiger partial charge in [0, 0.05) is 0 Å². The molecule has 1 aromatic carbocycles. The first kappa shape index (κ1) is 10.9. The molecule has 0 radical (unpaired) electrons. The number of hydrazone groups is 1. The summed E-state index contributed by atoms with van der Waals surface area (Å²) in [4.78, 5) is 11.8. The van der Waals surface area contributed by atoms with Gasteiger partial charge in [-0.1, -0.05) is 24.8 Å². The number of benzene rings is 1. The molecule has 1 amide bonds. The number of hydrogen-bond acceptors (Lipinski definition) is 3. The molecule has 0 bridgehead atoms. The lowest BCUT2D eigenvalue weighted by atomic mass is 10.2. The SMILES string of the molecule is C=C1C(=O)NN=C1C[S+]([O-])c1ccccc1. The molecule has 0 saturated carbocycles. The Kier molecular flexibility index (Phi) is 3.07. The molecule has 0 aromatic heterocycles. The van der Waals surface area contributed by atoms with Crippen LogP contribution in [0.1, 0.15) is 0 Å². The molecular formula is C11H10N2O2S. The van der Waals surface area contributed by atoms with Crippen molar-refractivity contribution in [3.8, 4) is 0 Å². The summed E-state index contributed by atoms with van der Waals surface area (Å²) in [6.07, 6.45) is 0. The van der Waals surface area contributed by atoms with Gasteiger partial charge >= 0.3 is 0 Å². The lowest BCUT2D eigenvalue weighted by Crippen LogP contribution is -2.18. The van der Waals surface area contributed by atoms with Gasteiger partial charge in [0.2, 0.25) is 0 Å². The van der Waals surface area contributed by atoms with E-state index in [0.717, 1.165) is 4.90 Å². The third-order valence-electron chi connectivity index (χ3n) is 2.19. The van der Waals surface area contributed by atoms with Gasteiger partial charge in [-0.15, -0.1) is 0 Å². The van der Waals surface area contributed by atoms with Crippen LogP contribution in [0.4, 0.5) is 0 Å². The third-order valence-corrected chi connectivity index (χ3v) is 3.52. The van der Waals surface area contributed by atoms with Crippen molar-refractivity contribution in [3.63, 3.8) is 0 Å². The van der Waals surface area contributed by atoms with Gasteiger partial charge in [-0.05, 0) is 23.3 Å². The Morgan fingerprint density at radius 2 is 2.06 bits per heavy atom. The first-order valence-electron chi connectivity index (χ1n) is 4.68. The Morgan fingerprint density at radius 3 is 2.62 bits per heavy atom. The van der Waals surface area contributed by atoms with Crippen LogP contribution in [-0.2, 0) is 16.0 Å². The lowest BCUT2D eigenvalue weighted by Gasteiger charge is -2.09. The summed E-state index contributed by atoms with van der Waals surface area (Å²) < 4.78 is 11.9. The second kappa shape index (κ2) is 4.51. The van der Waals surface area contributed by atoms with Gasteiger partial charge < -0.3 is 4.55 Å². The zero-order valence-corrected chi connectivity index (χ0v) is 9.29. The van der Waals surface area contributed by atoms with Gasteiger partial charge in [0.15, 0.2) is 10.6 Å². The summed E-state index contributed by atoms with van der Waals surface area (Å²) in [5.74, 6) is -0.109. The molecule has 2 rings (SSSR count). The zero-order chi connectivity index (χ0) is 11.5. The number of nitrogens with zero attached hydrogens (tertiary/aromatic N) is 1. The highest BCUT2D eigenvalue weighted by Gasteiger charge is 2.25. The number of carbonyl (C=O) groups excluding carboxylic acids is 1. The molecular weight excluding hydrogens is 224 g/mol. The molecule has 0 saturated heterocycles. The van der Waals surface area contributed by atoms with Crippen molar-refractivity contribution in [1.29, 1.82) is 0 Å². The Balaban J connectivity index is 2.07. The van der Waals surface area contributed by atoms with Crippen molar-refractivity contribution >= 4 is 22.8 Å². The molecule has 1 aromatic rings. The van der Waals surface area contributed by atoms with Gasteiger partial charge in [-0.2, -0.15) is 5.10 Å². The molecule has 0 spiro atoms.